The Morgan fingerprint density at radius 2 is 2.06 bits per heavy atom. The second kappa shape index (κ2) is 4.49. The van der Waals surface area contributed by atoms with Crippen molar-refractivity contribution in [2.75, 3.05) is 0 Å². The number of nitrogens with zero attached hydrogens (tertiary/aromatic N) is 1. The van der Waals surface area contributed by atoms with E-state index in [2.05, 4.69) is 15.5 Å². The van der Waals surface area contributed by atoms with E-state index in [0.717, 1.165) is 5.56 Å². The average molecular weight is 238 g/mol. The third-order valence-electron chi connectivity index (χ3n) is 3.55. The molecule has 1 aromatic rings. The lowest BCUT2D eigenvalue weighted by molar-refractivity contribution is -0.132. The fourth-order valence-electron chi connectivity index (χ4n) is 1.25. The third kappa shape index (κ3) is 2.85. The van der Waals surface area contributed by atoms with Crippen LogP contribution in [-0.2, 0) is 4.79 Å². The van der Waals surface area contributed by atoms with Crippen LogP contribution in [-0.4, -0.2) is 21.6 Å². The summed E-state index contributed by atoms with van der Waals surface area (Å²) < 4.78 is 0. The minimum atomic E-state index is -0.634. The van der Waals surface area contributed by atoms with Crippen molar-refractivity contribution in [1.82, 2.24) is 15.5 Å². The number of rotatable bonds is 4. The molecule has 5 heteroatoms. The highest BCUT2D eigenvalue weighted by atomic mass is 16.2. The lowest BCUT2D eigenvalue weighted by Crippen LogP contribution is -2.55. The van der Waals surface area contributed by atoms with Gasteiger partial charge in [0.25, 0.3) is 0 Å². The summed E-state index contributed by atoms with van der Waals surface area (Å²) in [4.78, 5) is 12.2. The summed E-state index contributed by atoms with van der Waals surface area (Å²) in [5, 5.41) is 9.54. The number of hydrogen-bond donors (Lipinski definition) is 3. The summed E-state index contributed by atoms with van der Waals surface area (Å²) in [5.74, 6) is -0.0568. The lowest BCUT2D eigenvalue weighted by atomic mass is 9.74. The number of aromatic amines is 1. The maximum atomic E-state index is 12.2. The van der Waals surface area contributed by atoms with E-state index in [-0.39, 0.29) is 11.9 Å². The summed E-state index contributed by atoms with van der Waals surface area (Å²) in [7, 11) is 0. The predicted octanol–water partition coefficient (Wildman–Crippen LogP) is 1.35. The van der Waals surface area contributed by atoms with Crippen molar-refractivity contribution in [3.8, 4) is 0 Å². The van der Waals surface area contributed by atoms with Crippen molar-refractivity contribution in [3.63, 3.8) is 0 Å². The fraction of sp³-hybridized carbons (Fsp3) is 0.667. The van der Waals surface area contributed by atoms with Gasteiger partial charge in [0.1, 0.15) is 0 Å². The van der Waals surface area contributed by atoms with E-state index in [0.29, 0.717) is 0 Å². The highest BCUT2D eigenvalue weighted by Gasteiger charge is 2.40. The third-order valence-corrected chi connectivity index (χ3v) is 3.55. The predicted molar refractivity (Wildman–Crippen MR) is 67.2 cm³/mol. The van der Waals surface area contributed by atoms with Crippen LogP contribution in [0.1, 0.15) is 46.2 Å². The number of nitrogens with two attached hydrogens (primary N) is 1. The Bertz CT molecular complexity index is 376. The van der Waals surface area contributed by atoms with Crippen molar-refractivity contribution < 1.29 is 4.79 Å². The first-order valence-electron chi connectivity index (χ1n) is 5.75. The van der Waals surface area contributed by atoms with Crippen LogP contribution in [0.3, 0.4) is 0 Å². The maximum Gasteiger partial charge on any atom is 0.227 e. The van der Waals surface area contributed by atoms with E-state index in [4.69, 9.17) is 5.73 Å². The van der Waals surface area contributed by atoms with Gasteiger partial charge in [-0.3, -0.25) is 9.89 Å². The zero-order chi connectivity index (χ0) is 13.3. The number of aromatic nitrogens is 2. The molecule has 0 bridgehead atoms. The lowest BCUT2D eigenvalue weighted by Gasteiger charge is -2.37. The van der Waals surface area contributed by atoms with Crippen molar-refractivity contribution in [2.45, 2.75) is 46.2 Å². The van der Waals surface area contributed by atoms with Gasteiger partial charge in [0, 0.05) is 17.3 Å². The molecule has 1 heterocycles. The quantitative estimate of drug-likeness (QED) is 0.740. The fourth-order valence-corrected chi connectivity index (χ4v) is 1.25. The molecule has 0 fully saturated rings. The molecule has 0 radical (unpaired) electrons. The first kappa shape index (κ1) is 13.7. The molecule has 0 saturated heterocycles. The van der Waals surface area contributed by atoms with Crippen LogP contribution in [0.5, 0.6) is 0 Å². The molecule has 1 aromatic heterocycles. The van der Waals surface area contributed by atoms with Gasteiger partial charge in [-0.25, -0.2) is 0 Å². The van der Waals surface area contributed by atoms with E-state index in [1.165, 1.54) is 0 Å². The summed E-state index contributed by atoms with van der Waals surface area (Å²) in [6, 6.07) is -0.0807. The monoisotopic (exact) mass is 238 g/mol. The topological polar surface area (TPSA) is 83.8 Å². The van der Waals surface area contributed by atoms with Crippen LogP contribution in [0.4, 0.5) is 0 Å². The Balaban J connectivity index is 2.73. The molecule has 1 atom stereocenters. The number of H-pyrrole nitrogens is 1. The molecule has 0 saturated carbocycles. The van der Waals surface area contributed by atoms with E-state index >= 15 is 0 Å². The summed E-state index contributed by atoms with van der Waals surface area (Å²) in [6.45, 7) is 9.33. The largest absolute Gasteiger partial charge is 0.349 e. The Morgan fingerprint density at radius 1 is 1.47 bits per heavy atom. The molecule has 0 aliphatic carbocycles. The minimum absolute atomic E-state index is 0.0568. The molecule has 17 heavy (non-hydrogen) atoms. The Kier molecular flexibility index (Phi) is 3.62. The van der Waals surface area contributed by atoms with Crippen molar-refractivity contribution in [3.05, 3.63) is 18.0 Å². The van der Waals surface area contributed by atoms with Crippen LogP contribution in [0.2, 0.25) is 0 Å². The van der Waals surface area contributed by atoms with Gasteiger partial charge < -0.3 is 11.1 Å². The molecular formula is C12H22N4O. The van der Waals surface area contributed by atoms with Crippen LogP contribution < -0.4 is 11.1 Å². The number of hydrogen-bond acceptors (Lipinski definition) is 3. The van der Waals surface area contributed by atoms with Gasteiger partial charge >= 0.3 is 0 Å². The standard InChI is InChI=1S/C12H22N4O/c1-8(9-6-14-15-7-9)16-10(17)11(2,3)12(4,5)13/h6-8H,13H2,1-5H3,(H,14,15)(H,16,17). The zero-order valence-electron chi connectivity index (χ0n) is 11.2. The Morgan fingerprint density at radius 3 is 2.47 bits per heavy atom. The van der Waals surface area contributed by atoms with Gasteiger partial charge in [-0.2, -0.15) is 5.10 Å². The normalized spacial score (nSPS) is 14.5. The van der Waals surface area contributed by atoms with E-state index in [1.807, 2.05) is 34.6 Å². The van der Waals surface area contributed by atoms with Gasteiger partial charge in [0.05, 0.1) is 17.7 Å². The van der Waals surface area contributed by atoms with Gasteiger partial charge in [0.2, 0.25) is 5.91 Å². The van der Waals surface area contributed by atoms with Gasteiger partial charge in [-0.1, -0.05) is 0 Å². The van der Waals surface area contributed by atoms with E-state index in [9.17, 15) is 4.79 Å². The summed E-state index contributed by atoms with van der Waals surface area (Å²) in [6.07, 6.45) is 3.47. The second-order valence-electron chi connectivity index (χ2n) is 5.57. The van der Waals surface area contributed by atoms with Crippen molar-refractivity contribution in [2.24, 2.45) is 11.1 Å². The molecule has 0 spiro atoms. The molecule has 4 N–H and O–H groups in total. The summed E-state index contributed by atoms with van der Waals surface area (Å²) in [5.41, 5.74) is 5.77. The van der Waals surface area contributed by atoms with E-state index < -0.39 is 11.0 Å². The molecule has 0 aromatic carbocycles. The van der Waals surface area contributed by atoms with E-state index in [1.54, 1.807) is 12.4 Å². The maximum absolute atomic E-state index is 12.2. The number of nitrogens with one attached hydrogen (secondary N) is 2. The summed E-state index contributed by atoms with van der Waals surface area (Å²) >= 11 is 0. The highest BCUT2D eigenvalue weighted by molar-refractivity contribution is 5.83. The van der Waals surface area contributed by atoms with Crippen LogP contribution >= 0.6 is 0 Å². The van der Waals surface area contributed by atoms with Crippen molar-refractivity contribution >= 4 is 5.91 Å². The Labute approximate surface area is 102 Å². The molecule has 5 nitrogen and oxygen atoms in total. The average Bonchev–Trinajstić information content (AvgIpc) is 2.68. The molecule has 1 rings (SSSR count). The SMILES string of the molecule is CC(NC(=O)C(C)(C)C(C)(C)N)c1cn[nH]c1. The Hall–Kier alpha value is -1.36. The first-order valence-corrected chi connectivity index (χ1v) is 5.75. The number of carbonyl (C=O) groups excluding carboxylic acids is 1. The van der Waals surface area contributed by atoms with Crippen LogP contribution in [0, 0.1) is 5.41 Å². The molecule has 1 amide bonds. The first-order chi connectivity index (χ1) is 7.66. The molecule has 1 unspecified atom stereocenters. The molecular weight excluding hydrogens is 216 g/mol. The van der Waals surface area contributed by atoms with Crippen LogP contribution in [0.25, 0.3) is 0 Å². The smallest absolute Gasteiger partial charge is 0.227 e. The molecule has 96 valence electrons. The zero-order valence-corrected chi connectivity index (χ0v) is 11.2. The molecule has 0 aliphatic rings. The molecule has 0 aliphatic heterocycles. The number of amides is 1. The van der Waals surface area contributed by atoms with Crippen LogP contribution in [0.15, 0.2) is 12.4 Å². The van der Waals surface area contributed by atoms with Gasteiger partial charge in [0.15, 0.2) is 0 Å². The van der Waals surface area contributed by atoms with Crippen molar-refractivity contribution in [1.29, 1.82) is 0 Å². The highest BCUT2D eigenvalue weighted by Crippen LogP contribution is 2.29. The van der Waals surface area contributed by atoms with Gasteiger partial charge in [-0.15, -0.1) is 0 Å². The number of carbonyl (C=O) groups is 1. The minimum Gasteiger partial charge on any atom is -0.349 e. The second-order valence-corrected chi connectivity index (χ2v) is 5.57. The van der Waals surface area contributed by atoms with Gasteiger partial charge in [-0.05, 0) is 34.6 Å².